The van der Waals surface area contributed by atoms with Crippen LogP contribution in [0.3, 0.4) is 0 Å². The topological polar surface area (TPSA) is 82.2 Å². The van der Waals surface area contributed by atoms with E-state index in [2.05, 4.69) is 15.5 Å². The largest absolute Gasteiger partial charge is 0.495 e. The van der Waals surface area contributed by atoms with Crippen LogP contribution in [0.4, 0.5) is 5.69 Å². The number of aryl methyl sites for hydroxylation is 1. The first-order valence-electron chi connectivity index (χ1n) is 9.27. The average Bonchev–Trinajstić information content (AvgIpc) is 3.43. The molecule has 0 radical (unpaired) electrons. The molecule has 2 aromatic heterocycles. The molecule has 0 aliphatic heterocycles. The van der Waals surface area contributed by atoms with Crippen LogP contribution in [-0.2, 0) is 4.79 Å². The van der Waals surface area contributed by atoms with Gasteiger partial charge in [-0.1, -0.05) is 41.6 Å². The lowest BCUT2D eigenvalue weighted by atomic mass is 10.2. The second-order valence-corrected chi connectivity index (χ2v) is 7.43. The summed E-state index contributed by atoms with van der Waals surface area (Å²) in [6.07, 6.45) is 1.59. The standard InChI is InChI=1S/C22H20N4O3S/c1-15-9-11-16(12-10-15)26-21(19-8-5-13-29-19)24-25-22(26)30-14-20(27)23-17-6-3-4-7-18(17)28-2/h3-13H,14H2,1-2H3,(H,23,27). The van der Waals surface area contributed by atoms with Crippen LogP contribution in [0.15, 0.2) is 76.5 Å². The molecule has 0 spiro atoms. The minimum Gasteiger partial charge on any atom is -0.495 e. The SMILES string of the molecule is COc1ccccc1NC(=O)CSc1nnc(-c2ccco2)n1-c1ccc(C)cc1. The van der Waals surface area contributed by atoms with Crippen molar-refractivity contribution >= 4 is 23.4 Å². The van der Waals surface area contributed by atoms with E-state index in [9.17, 15) is 4.79 Å². The van der Waals surface area contributed by atoms with Gasteiger partial charge in [0.1, 0.15) is 5.75 Å². The third-order valence-electron chi connectivity index (χ3n) is 4.38. The molecule has 0 saturated heterocycles. The van der Waals surface area contributed by atoms with Crippen molar-refractivity contribution in [2.45, 2.75) is 12.1 Å². The number of ether oxygens (including phenoxy) is 1. The van der Waals surface area contributed by atoms with Gasteiger partial charge in [-0.3, -0.25) is 9.36 Å². The van der Waals surface area contributed by atoms with Gasteiger partial charge in [0.25, 0.3) is 0 Å². The molecule has 152 valence electrons. The molecule has 30 heavy (non-hydrogen) atoms. The van der Waals surface area contributed by atoms with E-state index < -0.39 is 0 Å². The zero-order valence-corrected chi connectivity index (χ0v) is 17.3. The Morgan fingerprint density at radius 1 is 1.10 bits per heavy atom. The molecule has 8 heteroatoms. The summed E-state index contributed by atoms with van der Waals surface area (Å²) < 4.78 is 12.7. The zero-order chi connectivity index (χ0) is 20.9. The van der Waals surface area contributed by atoms with Crippen LogP contribution in [0.25, 0.3) is 17.3 Å². The molecule has 4 rings (SSSR count). The number of carbonyl (C=O) groups excluding carboxylic acids is 1. The van der Waals surface area contributed by atoms with Gasteiger partial charge in [-0.2, -0.15) is 0 Å². The minimum absolute atomic E-state index is 0.164. The van der Waals surface area contributed by atoms with Crippen LogP contribution in [-0.4, -0.2) is 33.5 Å². The molecule has 2 heterocycles. The third-order valence-corrected chi connectivity index (χ3v) is 5.31. The van der Waals surface area contributed by atoms with Crippen LogP contribution in [0.5, 0.6) is 5.75 Å². The smallest absolute Gasteiger partial charge is 0.234 e. The first-order chi connectivity index (χ1) is 14.7. The van der Waals surface area contributed by atoms with Crippen LogP contribution >= 0.6 is 11.8 Å². The molecule has 0 bridgehead atoms. The summed E-state index contributed by atoms with van der Waals surface area (Å²) in [5.41, 5.74) is 2.67. The lowest BCUT2D eigenvalue weighted by Crippen LogP contribution is -2.15. The molecular formula is C22H20N4O3S. The predicted octanol–water partition coefficient (Wildman–Crippen LogP) is 4.58. The van der Waals surface area contributed by atoms with Crippen LogP contribution in [0.1, 0.15) is 5.56 Å². The predicted molar refractivity (Wildman–Crippen MR) is 116 cm³/mol. The normalized spacial score (nSPS) is 10.7. The highest BCUT2D eigenvalue weighted by Crippen LogP contribution is 2.29. The number of anilines is 1. The molecule has 1 amide bonds. The summed E-state index contributed by atoms with van der Waals surface area (Å²) in [7, 11) is 1.57. The van der Waals surface area contributed by atoms with E-state index in [1.54, 1.807) is 31.6 Å². The second kappa shape index (κ2) is 8.87. The Labute approximate surface area is 178 Å². The summed E-state index contributed by atoms with van der Waals surface area (Å²) in [4.78, 5) is 12.5. The van der Waals surface area contributed by atoms with E-state index in [-0.39, 0.29) is 11.7 Å². The van der Waals surface area contributed by atoms with E-state index >= 15 is 0 Å². The minimum atomic E-state index is -0.164. The van der Waals surface area contributed by atoms with Gasteiger partial charge in [0, 0.05) is 5.69 Å². The maximum Gasteiger partial charge on any atom is 0.234 e. The van der Waals surface area contributed by atoms with Crippen LogP contribution < -0.4 is 10.1 Å². The van der Waals surface area contributed by atoms with Crippen molar-refractivity contribution in [3.8, 4) is 23.0 Å². The summed E-state index contributed by atoms with van der Waals surface area (Å²) in [5.74, 6) is 1.80. The zero-order valence-electron chi connectivity index (χ0n) is 16.5. The first kappa shape index (κ1) is 19.8. The number of nitrogens with zero attached hydrogens (tertiary/aromatic N) is 3. The number of hydrogen-bond acceptors (Lipinski definition) is 6. The summed E-state index contributed by atoms with van der Waals surface area (Å²) in [6, 6.07) is 18.9. The van der Waals surface area contributed by atoms with E-state index in [0.29, 0.717) is 28.2 Å². The van der Waals surface area contributed by atoms with Crippen molar-refractivity contribution in [2.24, 2.45) is 0 Å². The maximum absolute atomic E-state index is 12.5. The first-order valence-corrected chi connectivity index (χ1v) is 10.3. The quantitative estimate of drug-likeness (QED) is 0.441. The van der Waals surface area contributed by atoms with Crippen molar-refractivity contribution in [2.75, 3.05) is 18.2 Å². The Morgan fingerprint density at radius 3 is 2.63 bits per heavy atom. The number of para-hydroxylation sites is 2. The highest BCUT2D eigenvalue weighted by molar-refractivity contribution is 7.99. The van der Waals surface area contributed by atoms with Crippen LogP contribution in [0, 0.1) is 6.92 Å². The number of benzene rings is 2. The van der Waals surface area contributed by atoms with Gasteiger partial charge >= 0.3 is 0 Å². The highest BCUT2D eigenvalue weighted by atomic mass is 32.2. The fourth-order valence-corrected chi connectivity index (χ4v) is 3.67. The lowest BCUT2D eigenvalue weighted by Gasteiger charge is -2.11. The molecule has 0 atom stereocenters. The van der Waals surface area contributed by atoms with Gasteiger partial charge in [-0.05, 0) is 43.3 Å². The third kappa shape index (κ3) is 4.23. The van der Waals surface area contributed by atoms with Crippen molar-refractivity contribution < 1.29 is 13.9 Å². The summed E-state index contributed by atoms with van der Waals surface area (Å²) >= 11 is 1.30. The van der Waals surface area contributed by atoms with Crippen molar-refractivity contribution in [3.05, 3.63) is 72.5 Å². The molecule has 4 aromatic rings. The average molecular weight is 420 g/mol. The van der Waals surface area contributed by atoms with Gasteiger partial charge in [0.15, 0.2) is 10.9 Å². The molecule has 0 saturated carbocycles. The van der Waals surface area contributed by atoms with E-state index in [1.165, 1.54) is 11.8 Å². The molecule has 0 unspecified atom stereocenters. The van der Waals surface area contributed by atoms with E-state index in [0.717, 1.165) is 11.3 Å². The fourth-order valence-electron chi connectivity index (χ4n) is 2.92. The van der Waals surface area contributed by atoms with Gasteiger partial charge < -0.3 is 14.5 Å². The number of furan rings is 1. The van der Waals surface area contributed by atoms with E-state index in [1.807, 2.05) is 54.0 Å². The molecule has 1 N–H and O–H groups in total. The number of rotatable bonds is 7. The second-order valence-electron chi connectivity index (χ2n) is 6.49. The van der Waals surface area contributed by atoms with Crippen LogP contribution in [0.2, 0.25) is 0 Å². The number of amides is 1. The monoisotopic (exact) mass is 420 g/mol. The molecule has 0 fully saturated rings. The Balaban J connectivity index is 1.57. The Morgan fingerprint density at radius 2 is 1.90 bits per heavy atom. The Kier molecular flexibility index (Phi) is 5.85. The molecular weight excluding hydrogens is 400 g/mol. The van der Waals surface area contributed by atoms with Gasteiger partial charge in [0.2, 0.25) is 11.7 Å². The molecule has 2 aromatic carbocycles. The van der Waals surface area contributed by atoms with Crippen molar-refractivity contribution in [3.63, 3.8) is 0 Å². The van der Waals surface area contributed by atoms with Crippen molar-refractivity contribution in [1.82, 2.24) is 14.8 Å². The Bertz CT molecular complexity index is 1140. The van der Waals surface area contributed by atoms with E-state index in [4.69, 9.17) is 9.15 Å². The molecule has 0 aliphatic rings. The molecule has 7 nitrogen and oxygen atoms in total. The van der Waals surface area contributed by atoms with Gasteiger partial charge in [-0.25, -0.2) is 0 Å². The van der Waals surface area contributed by atoms with Gasteiger partial charge in [0.05, 0.1) is 24.8 Å². The number of hydrogen-bond donors (Lipinski definition) is 1. The highest BCUT2D eigenvalue weighted by Gasteiger charge is 2.19. The fraction of sp³-hybridized carbons (Fsp3) is 0.136. The van der Waals surface area contributed by atoms with Crippen molar-refractivity contribution in [1.29, 1.82) is 0 Å². The number of aromatic nitrogens is 3. The number of methoxy groups -OCH3 is 1. The Hall–Kier alpha value is -3.52. The molecule has 0 aliphatic carbocycles. The summed E-state index contributed by atoms with van der Waals surface area (Å²) in [6.45, 7) is 2.03. The number of thioether (sulfide) groups is 1. The number of carbonyl (C=O) groups is 1. The van der Waals surface area contributed by atoms with Gasteiger partial charge in [-0.15, -0.1) is 10.2 Å². The maximum atomic E-state index is 12.5. The number of nitrogens with one attached hydrogen (secondary N) is 1. The summed E-state index contributed by atoms with van der Waals surface area (Å²) in [5, 5.41) is 12.1. The lowest BCUT2D eigenvalue weighted by molar-refractivity contribution is -0.113.